The van der Waals surface area contributed by atoms with Crippen molar-refractivity contribution in [2.24, 2.45) is 5.73 Å². The van der Waals surface area contributed by atoms with Crippen molar-refractivity contribution in [2.75, 3.05) is 6.54 Å². The van der Waals surface area contributed by atoms with Gasteiger partial charge in [0.1, 0.15) is 0 Å². The van der Waals surface area contributed by atoms with Gasteiger partial charge in [-0.15, -0.1) is 0 Å². The van der Waals surface area contributed by atoms with Gasteiger partial charge < -0.3 is 11.1 Å². The van der Waals surface area contributed by atoms with Crippen LogP contribution in [0.2, 0.25) is 0 Å². The lowest BCUT2D eigenvalue weighted by molar-refractivity contribution is -0.130. The summed E-state index contributed by atoms with van der Waals surface area (Å²) in [4.78, 5) is 23.0. The predicted molar refractivity (Wildman–Crippen MR) is 73.4 cm³/mol. The maximum Gasteiger partial charge on any atom is 0.230 e. The topological polar surface area (TPSA) is 72.2 Å². The largest absolute Gasteiger partial charge is 0.370 e. The Bertz CT molecular complexity index is 452. The van der Waals surface area contributed by atoms with Crippen molar-refractivity contribution in [1.29, 1.82) is 0 Å². The molecular weight excluding hydrogens is 240 g/mol. The van der Waals surface area contributed by atoms with Crippen LogP contribution in [0, 0.1) is 0 Å². The Kier molecular flexibility index (Phi) is 4.20. The van der Waals surface area contributed by atoms with Crippen molar-refractivity contribution in [3.05, 3.63) is 35.9 Å². The van der Waals surface area contributed by atoms with Crippen molar-refractivity contribution in [1.82, 2.24) is 5.32 Å². The third kappa shape index (κ3) is 2.95. The molecule has 1 aromatic carbocycles. The molecular formula is C15H20N2O2. The lowest BCUT2D eigenvalue weighted by Gasteiger charge is -2.40. The van der Waals surface area contributed by atoms with Crippen LogP contribution in [0.4, 0.5) is 0 Å². The predicted octanol–water partition coefficient (Wildman–Crippen LogP) is 1.49. The van der Waals surface area contributed by atoms with E-state index in [9.17, 15) is 9.59 Å². The molecule has 2 amide bonds. The first-order valence-corrected chi connectivity index (χ1v) is 6.77. The van der Waals surface area contributed by atoms with Crippen LogP contribution in [0.25, 0.3) is 0 Å². The minimum absolute atomic E-state index is 0.0782. The standard InChI is InChI=1S/C15H20N2O2/c16-13(18)8-4-11-17-14(19)15(9-5-10-15)12-6-2-1-3-7-12/h1-3,6-7H,4-5,8-11H2,(H2,16,18)(H,17,19). The van der Waals surface area contributed by atoms with Gasteiger partial charge in [-0.3, -0.25) is 9.59 Å². The summed E-state index contributed by atoms with van der Waals surface area (Å²) in [6.07, 6.45) is 3.81. The first kappa shape index (κ1) is 13.6. The Morgan fingerprint density at radius 1 is 1.21 bits per heavy atom. The van der Waals surface area contributed by atoms with Crippen molar-refractivity contribution in [3.8, 4) is 0 Å². The average Bonchev–Trinajstić information content (AvgIpc) is 2.34. The number of primary amides is 1. The molecule has 1 fully saturated rings. The Morgan fingerprint density at radius 3 is 2.42 bits per heavy atom. The van der Waals surface area contributed by atoms with Crippen LogP contribution in [0.3, 0.4) is 0 Å². The zero-order valence-corrected chi connectivity index (χ0v) is 11.0. The molecule has 102 valence electrons. The summed E-state index contributed by atoms with van der Waals surface area (Å²) in [7, 11) is 0. The molecule has 3 N–H and O–H groups in total. The van der Waals surface area contributed by atoms with Gasteiger partial charge in [0.25, 0.3) is 0 Å². The van der Waals surface area contributed by atoms with Gasteiger partial charge in [0, 0.05) is 13.0 Å². The lowest BCUT2D eigenvalue weighted by atomic mass is 9.64. The molecule has 2 rings (SSSR count). The SMILES string of the molecule is NC(=O)CCCNC(=O)C1(c2ccccc2)CCC1. The second-order valence-corrected chi connectivity index (χ2v) is 5.13. The van der Waals surface area contributed by atoms with Crippen molar-refractivity contribution in [2.45, 2.75) is 37.5 Å². The number of carbonyl (C=O) groups excluding carboxylic acids is 2. The third-order valence-electron chi connectivity index (χ3n) is 3.85. The van der Waals surface area contributed by atoms with Crippen LogP contribution in [0.15, 0.2) is 30.3 Å². The molecule has 0 aromatic heterocycles. The van der Waals surface area contributed by atoms with E-state index in [1.807, 2.05) is 30.3 Å². The molecule has 4 heteroatoms. The Hall–Kier alpha value is -1.84. The van der Waals surface area contributed by atoms with E-state index in [0.29, 0.717) is 19.4 Å². The second kappa shape index (κ2) is 5.87. The fourth-order valence-electron chi connectivity index (χ4n) is 2.57. The number of hydrogen-bond donors (Lipinski definition) is 2. The van der Waals surface area contributed by atoms with E-state index in [2.05, 4.69) is 5.32 Å². The van der Waals surface area contributed by atoms with Gasteiger partial charge in [-0.1, -0.05) is 36.8 Å². The summed E-state index contributed by atoms with van der Waals surface area (Å²) in [5.74, 6) is -0.245. The summed E-state index contributed by atoms with van der Waals surface area (Å²) in [6.45, 7) is 0.510. The maximum atomic E-state index is 12.4. The molecule has 1 saturated carbocycles. The number of nitrogens with two attached hydrogens (primary N) is 1. The molecule has 0 radical (unpaired) electrons. The summed E-state index contributed by atoms with van der Waals surface area (Å²) in [6, 6.07) is 9.93. The minimum atomic E-state index is -0.353. The first-order valence-electron chi connectivity index (χ1n) is 6.77. The quantitative estimate of drug-likeness (QED) is 0.761. The van der Waals surface area contributed by atoms with Gasteiger partial charge in [0.2, 0.25) is 11.8 Å². The van der Waals surface area contributed by atoms with E-state index < -0.39 is 0 Å². The molecule has 19 heavy (non-hydrogen) atoms. The van der Waals surface area contributed by atoms with Crippen LogP contribution in [-0.4, -0.2) is 18.4 Å². The first-order chi connectivity index (χ1) is 9.15. The van der Waals surface area contributed by atoms with Gasteiger partial charge in [0.15, 0.2) is 0 Å². The molecule has 0 unspecified atom stereocenters. The third-order valence-corrected chi connectivity index (χ3v) is 3.85. The number of nitrogens with one attached hydrogen (secondary N) is 1. The van der Waals surface area contributed by atoms with Crippen molar-refractivity contribution >= 4 is 11.8 Å². The second-order valence-electron chi connectivity index (χ2n) is 5.13. The highest BCUT2D eigenvalue weighted by atomic mass is 16.2. The number of carbonyl (C=O) groups is 2. The van der Waals surface area contributed by atoms with E-state index in [1.165, 1.54) is 0 Å². The zero-order valence-electron chi connectivity index (χ0n) is 11.0. The molecule has 1 aliphatic carbocycles. The molecule has 0 saturated heterocycles. The van der Waals surface area contributed by atoms with E-state index in [0.717, 1.165) is 24.8 Å². The molecule has 0 heterocycles. The van der Waals surface area contributed by atoms with Gasteiger partial charge in [-0.2, -0.15) is 0 Å². The van der Waals surface area contributed by atoms with Crippen molar-refractivity contribution < 1.29 is 9.59 Å². The molecule has 4 nitrogen and oxygen atoms in total. The highest BCUT2D eigenvalue weighted by Crippen LogP contribution is 2.43. The van der Waals surface area contributed by atoms with Crippen LogP contribution in [0.5, 0.6) is 0 Å². The molecule has 1 aliphatic rings. The van der Waals surface area contributed by atoms with Gasteiger partial charge in [-0.25, -0.2) is 0 Å². The Balaban J connectivity index is 1.94. The molecule has 0 aliphatic heterocycles. The molecule has 0 atom stereocenters. The molecule has 0 bridgehead atoms. The number of rotatable bonds is 6. The van der Waals surface area contributed by atoms with Crippen LogP contribution in [-0.2, 0) is 15.0 Å². The van der Waals surface area contributed by atoms with Crippen LogP contribution in [0.1, 0.15) is 37.7 Å². The molecule has 0 spiro atoms. The highest BCUT2D eigenvalue weighted by molar-refractivity contribution is 5.89. The normalized spacial score (nSPS) is 16.4. The van der Waals surface area contributed by atoms with E-state index in [1.54, 1.807) is 0 Å². The van der Waals surface area contributed by atoms with Gasteiger partial charge in [0.05, 0.1) is 5.41 Å². The van der Waals surface area contributed by atoms with Crippen molar-refractivity contribution in [3.63, 3.8) is 0 Å². The Morgan fingerprint density at radius 2 is 1.89 bits per heavy atom. The van der Waals surface area contributed by atoms with E-state index >= 15 is 0 Å². The van der Waals surface area contributed by atoms with Crippen LogP contribution >= 0.6 is 0 Å². The fraction of sp³-hybridized carbons (Fsp3) is 0.467. The van der Waals surface area contributed by atoms with Crippen LogP contribution < -0.4 is 11.1 Å². The van der Waals surface area contributed by atoms with Gasteiger partial charge >= 0.3 is 0 Å². The summed E-state index contributed by atoms with van der Waals surface area (Å²) in [5.41, 5.74) is 5.81. The van der Waals surface area contributed by atoms with E-state index in [4.69, 9.17) is 5.73 Å². The number of amides is 2. The minimum Gasteiger partial charge on any atom is -0.370 e. The van der Waals surface area contributed by atoms with E-state index in [-0.39, 0.29) is 17.2 Å². The summed E-state index contributed by atoms with van der Waals surface area (Å²) >= 11 is 0. The number of hydrogen-bond acceptors (Lipinski definition) is 2. The zero-order chi connectivity index (χ0) is 13.7. The van der Waals surface area contributed by atoms with Gasteiger partial charge in [-0.05, 0) is 24.8 Å². The fourth-order valence-corrected chi connectivity index (χ4v) is 2.57. The summed E-state index contributed by atoms with van der Waals surface area (Å²) < 4.78 is 0. The highest BCUT2D eigenvalue weighted by Gasteiger charge is 2.45. The average molecular weight is 260 g/mol. The maximum absolute atomic E-state index is 12.4. The Labute approximate surface area is 113 Å². The monoisotopic (exact) mass is 260 g/mol. The smallest absolute Gasteiger partial charge is 0.230 e. The lowest BCUT2D eigenvalue weighted by Crippen LogP contribution is -2.49. The number of benzene rings is 1. The summed E-state index contributed by atoms with van der Waals surface area (Å²) in [5, 5.41) is 2.93. The molecule has 1 aromatic rings.